The van der Waals surface area contributed by atoms with Crippen molar-refractivity contribution in [3.8, 4) is 17.2 Å². The van der Waals surface area contributed by atoms with Crippen LogP contribution in [0.15, 0.2) is 60.8 Å². The van der Waals surface area contributed by atoms with Gasteiger partial charge in [-0.15, -0.1) is 0 Å². The molecule has 2 aromatic carbocycles. The highest BCUT2D eigenvalue weighted by molar-refractivity contribution is 5.74. The number of rotatable bonds is 5. The van der Waals surface area contributed by atoms with Gasteiger partial charge in [0.2, 0.25) is 5.95 Å². The molecule has 0 unspecified atom stereocenters. The van der Waals surface area contributed by atoms with Crippen LogP contribution in [0.5, 0.6) is 0 Å². The molecule has 0 fully saturated rings. The van der Waals surface area contributed by atoms with E-state index in [0.29, 0.717) is 17.3 Å². The standard InChI is InChI=1S/C26H24N6/c1-16-11-21(22-13-18(3)29-19(4)14-22)12-17(2)25(16)31-24-9-10-28-26(32-24)30-23-7-5-20(15-27)6-8-23/h5-14H,1-4H3,(H2,28,30,31,32). The topological polar surface area (TPSA) is 86.5 Å². The van der Waals surface area contributed by atoms with E-state index in [1.807, 2.05) is 32.0 Å². The molecule has 4 rings (SSSR count). The van der Waals surface area contributed by atoms with Crippen molar-refractivity contribution in [1.82, 2.24) is 15.0 Å². The van der Waals surface area contributed by atoms with Crippen LogP contribution in [0.2, 0.25) is 0 Å². The molecule has 2 aromatic heterocycles. The lowest BCUT2D eigenvalue weighted by Gasteiger charge is -2.15. The second-order valence-corrected chi connectivity index (χ2v) is 7.83. The second kappa shape index (κ2) is 8.86. The van der Waals surface area contributed by atoms with Crippen LogP contribution in [-0.2, 0) is 0 Å². The Morgan fingerprint density at radius 3 is 2.00 bits per heavy atom. The van der Waals surface area contributed by atoms with Crippen molar-refractivity contribution in [3.63, 3.8) is 0 Å². The van der Waals surface area contributed by atoms with Crippen LogP contribution < -0.4 is 10.6 Å². The van der Waals surface area contributed by atoms with E-state index >= 15 is 0 Å². The van der Waals surface area contributed by atoms with E-state index in [4.69, 9.17) is 5.26 Å². The van der Waals surface area contributed by atoms with E-state index in [0.717, 1.165) is 33.9 Å². The van der Waals surface area contributed by atoms with E-state index in [9.17, 15) is 0 Å². The predicted octanol–water partition coefficient (Wildman–Crippen LogP) is 6.13. The van der Waals surface area contributed by atoms with Crippen LogP contribution in [0.25, 0.3) is 11.1 Å². The molecule has 0 radical (unpaired) electrons. The molecular formula is C26H24N6. The van der Waals surface area contributed by atoms with Gasteiger partial charge in [0.25, 0.3) is 0 Å². The minimum atomic E-state index is 0.481. The van der Waals surface area contributed by atoms with Crippen LogP contribution in [-0.4, -0.2) is 15.0 Å². The smallest absolute Gasteiger partial charge is 0.229 e. The maximum absolute atomic E-state index is 8.94. The fourth-order valence-electron chi connectivity index (χ4n) is 3.70. The van der Waals surface area contributed by atoms with Gasteiger partial charge in [0.1, 0.15) is 5.82 Å². The number of benzene rings is 2. The number of nitrogens with one attached hydrogen (secondary N) is 2. The molecule has 2 N–H and O–H groups in total. The number of anilines is 4. The van der Waals surface area contributed by atoms with Crippen LogP contribution >= 0.6 is 0 Å². The number of hydrogen-bond donors (Lipinski definition) is 2. The number of aromatic nitrogens is 3. The second-order valence-electron chi connectivity index (χ2n) is 7.83. The fourth-order valence-corrected chi connectivity index (χ4v) is 3.70. The van der Waals surface area contributed by atoms with Crippen LogP contribution in [0, 0.1) is 39.0 Å². The third-order valence-electron chi connectivity index (χ3n) is 5.13. The molecule has 32 heavy (non-hydrogen) atoms. The van der Waals surface area contributed by atoms with Crippen LogP contribution in [0.3, 0.4) is 0 Å². The van der Waals surface area contributed by atoms with E-state index < -0.39 is 0 Å². The fraction of sp³-hybridized carbons (Fsp3) is 0.154. The molecule has 0 saturated carbocycles. The zero-order valence-corrected chi connectivity index (χ0v) is 18.6. The summed E-state index contributed by atoms with van der Waals surface area (Å²) in [5.74, 6) is 1.18. The molecule has 0 aliphatic carbocycles. The Kier molecular flexibility index (Phi) is 5.82. The molecule has 0 saturated heterocycles. The molecule has 6 heteroatoms. The van der Waals surface area contributed by atoms with Gasteiger partial charge in [-0.25, -0.2) is 4.98 Å². The van der Waals surface area contributed by atoms with Crippen molar-refractivity contribution < 1.29 is 0 Å². The Morgan fingerprint density at radius 2 is 1.38 bits per heavy atom. The maximum Gasteiger partial charge on any atom is 0.229 e. The zero-order valence-electron chi connectivity index (χ0n) is 18.6. The lowest BCUT2D eigenvalue weighted by Crippen LogP contribution is -2.02. The van der Waals surface area contributed by atoms with Gasteiger partial charge in [-0.05, 0) is 105 Å². The van der Waals surface area contributed by atoms with Gasteiger partial charge in [0.05, 0.1) is 11.6 Å². The molecule has 0 spiro atoms. The summed E-state index contributed by atoms with van der Waals surface area (Å²) in [6, 6.07) is 19.7. The normalized spacial score (nSPS) is 10.5. The summed E-state index contributed by atoms with van der Waals surface area (Å²) in [7, 11) is 0. The van der Waals surface area contributed by atoms with Gasteiger partial charge in [-0.2, -0.15) is 10.2 Å². The highest BCUT2D eigenvalue weighted by atomic mass is 15.1. The van der Waals surface area contributed by atoms with Gasteiger partial charge in [0.15, 0.2) is 0 Å². The van der Waals surface area contributed by atoms with Crippen molar-refractivity contribution in [2.24, 2.45) is 0 Å². The predicted molar refractivity (Wildman–Crippen MR) is 128 cm³/mol. The molecule has 2 heterocycles. The first kappa shape index (κ1) is 21.0. The van der Waals surface area contributed by atoms with Crippen LogP contribution in [0.1, 0.15) is 28.1 Å². The average Bonchev–Trinajstić information content (AvgIpc) is 2.76. The molecule has 4 aromatic rings. The quantitative estimate of drug-likeness (QED) is 0.404. The Labute approximate surface area is 188 Å². The average molecular weight is 421 g/mol. The first-order chi connectivity index (χ1) is 15.4. The van der Waals surface area contributed by atoms with Gasteiger partial charge in [-0.1, -0.05) is 0 Å². The number of nitriles is 1. The van der Waals surface area contributed by atoms with Gasteiger partial charge in [-0.3, -0.25) is 4.98 Å². The van der Waals surface area contributed by atoms with Gasteiger partial charge < -0.3 is 10.6 Å². The molecule has 0 atom stereocenters. The summed E-state index contributed by atoms with van der Waals surface area (Å²) >= 11 is 0. The third kappa shape index (κ3) is 4.73. The van der Waals surface area contributed by atoms with Crippen LogP contribution in [0.4, 0.5) is 23.1 Å². The summed E-state index contributed by atoms with van der Waals surface area (Å²) < 4.78 is 0. The van der Waals surface area contributed by atoms with E-state index in [2.05, 4.69) is 69.8 Å². The molecule has 0 aliphatic rings. The van der Waals surface area contributed by atoms with Crippen molar-refractivity contribution in [2.45, 2.75) is 27.7 Å². The Morgan fingerprint density at radius 1 is 0.750 bits per heavy atom. The number of aryl methyl sites for hydroxylation is 4. The monoisotopic (exact) mass is 420 g/mol. The molecule has 6 nitrogen and oxygen atoms in total. The first-order valence-corrected chi connectivity index (χ1v) is 10.4. The highest BCUT2D eigenvalue weighted by Crippen LogP contribution is 2.31. The maximum atomic E-state index is 8.94. The van der Waals surface area contributed by atoms with Crippen molar-refractivity contribution >= 4 is 23.1 Å². The van der Waals surface area contributed by atoms with Crippen molar-refractivity contribution in [3.05, 3.63) is 88.9 Å². The Hall–Kier alpha value is -4.24. The molecule has 158 valence electrons. The van der Waals surface area contributed by atoms with Crippen molar-refractivity contribution in [1.29, 1.82) is 5.26 Å². The third-order valence-corrected chi connectivity index (χ3v) is 5.13. The number of nitrogens with zero attached hydrogens (tertiary/aromatic N) is 4. The molecule has 0 amide bonds. The summed E-state index contributed by atoms with van der Waals surface area (Å²) in [6.07, 6.45) is 1.71. The van der Waals surface area contributed by atoms with E-state index in [-0.39, 0.29) is 0 Å². The molecule has 0 bridgehead atoms. The number of hydrogen-bond acceptors (Lipinski definition) is 6. The number of pyridine rings is 1. The van der Waals surface area contributed by atoms with E-state index in [1.54, 1.807) is 18.3 Å². The van der Waals surface area contributed by atoms with Gasteiger partial charge in [0, 0.05) is 29.0 Å². The zero-order chi connectivity index (χ0) is 22.7. The lowest BCUT2D eigenvalue weighted by molar-refractivity contribution is 1.12. The minimum absolute atomic E-state index is 0.481. The van der Waals surface area contributed by atoms with Crippen molar-refractivity contribution in [2.75, 3.05) is 10.6 Å². The minimum Gasteiger partial charge on any atom is -0.340 e. The largest absolute Gasteiger partial charge is 0.340 e. The Bertz CT molecular complexity index is 1280. The SMILES string of the molecule is Cc1cc(-c2cc(C)c(Nc3ccnc(Nc4ccc(C#N)cc4)n3)c(C)c2)cc(C)n1. The molecule has 0 aliphatic heterocycles. The highest BCUT2D eigenvalue weighted by Gasteiger charge is 2.10. The summed E-state index contributed by atoms with van der Waals surface area (Å²) in [6.45, 7) is 8.23. The molecular weight excluding hydrogens is 396 g/mol. The van der Waals surface area contributed by atoms with Gasteiger partial charge >= 0.3 is 0 Å². The summed E-state index contributed by atoms with van der Waals surface area (Å²) in [4.78, 5) is 13.4. The Balaban J connectivity index is 1.57. The summed E-state index contributed by atoms with van der Waals surface area (Å²) in [5.41, 5.74) is 9.09. The lowest BCUT2D eigenvalue weighted by atomic mass is 9.98. The summed E-state index contributed by atoms with van der Waals surface area (Å²) in [5, 5.41) is 15.6. The first-order valence-electron chi connectivity index (χ1n) is 10.4. The van der Waals surface area contributed by atoms with E-state index in [1.165, 1.54) is 11.1 Å².